The number of methoxy groups -OCH3 is 1. The monoisotopic (exact) mass is 390 g/mol. The van der Waals surface area contributed by atoms with Gasteiger partial charge < -0.3 is 24.4 Å². The van der Waals surface area contributed by atoms with Gasteiger partial charge in [-0.25, -0.2) is 0 Å². The largest absolute Gasteiger partial charge is 0.497 e. The van der Waals surface area contributed by atoms with Gasteiger partial charge in [0.2, 0.25) is 0 Å². The lowest BCUT2D eigenvalue weighted by Crippen LogP contribution is -2.46. The van der Waals surface area contributed by atoms with E-state index >= 15 is 0 Å². The van der Waals surface area contributed by atoms with Crippen molar-refractivity contribution in [2.45, 2.75) is 25.8 Å². The molecule has 28 heavy (non-hydrogen) atoms. The van der Waals surface area contributed by atoms with Crippen molar-refractivity contribution >= 4 is 5.96 Å². The highest BCUT2D eigenvalue weighted by molar-refractivity contribution is 5.80. The predicted octanol–water partition coefficient (Wildman–Crippen LogP) is 1.84. The van der Waals surface area contributed by atoms with Gasteiger partial charge in [0.25, 0.3) is 0 Å². The van der Waals surface area contributed by atoms with Crippen molar-refractivity contribution in [3.8, 4) is 11.5 Å². The van der Waals surface area contributed by atoms with Crippen LogP contribution in [0.2, 0.25) is 0 Å². The van der Waals surface area contributed by atoms with Crippen LogP contribution < -0.4 is 14.8 Å². The highest BCUT2D eigenvalue weighted by Gasteiger charge is 2.30. The smallest absolute Gasteiger partial charge is 0.193 e. The molecule has 0 spiro atoms. The molecule has 2 aliphatic heterocycles. The van der Waals surface area contributed by atoms with E-state index in [0.717, 1.165) is 76.4 Å². The number of nitrogens with zero attached hydrogens (tertiary/aromatic N) is 3. The number of hydrogen-bond acceptors (Lipinski definition) is 5. The number of ether oxygens (including phenoxy) is 3. The highest BCUT2D eigenvalue weighted by Crippen LogP contribution is 2.18. The maximum atomic E-state index is 5.79. The Morgan fingerprint density at radius 3 is 2.64 bits per heavy atom. The van der Waals surface area contributed by atoms with Crippen molar-refractivity contribution in [1.29, 1.82) is 0 Å². The Balaban J connectivity index is 1.42. The van der Waals surface area contributed by atoms with Gasteiger partial charge in [0, 0.05) is 51.7 Å². The first-order valence-corrected chi connectivity index (χ1v) is 10.4. The first-order chi connectivity index (χ1) is 13.8. The zero-order valence-electron chi connectivity index (χ0n) is 17.2. The Labute approximate surface area is 168 Å². The van der Waals surface area contributed by atoms with Crippen LogP contribution in [0.4, 0.5) is 0 Å². The minimum Gasteiger partial charge on any atom is -0.497 e. The molecule has 2 aliphatic rings. The summed E-state index contributed by atoms with van der Waals surface area (Å²) in [4.78, 5) is 9.78. The molecule has 1 atom stereocenters. The fourth-order valence-electron chi connectivity index (χ4n) is 3.71. The molecule has 2 saturated heterocycles. The minimum absolute atomic E-state index is 0.617. The molecule has 0 amide bonds. The van der Waals surface area contributed by atoms with Crippen molar-refractivity contribution in [3.05, 3.63) is 24.3 Å². The van der Waals surface area contributed by atoms with E-state index in [4.69, 9.17) is 19.2 Å². The topological polar surface area (TPSA) is 58.6 Å². The van der Waals surface area contributed by atoms with E-state index in [0.29, 0.717) is 12.6 Å². The SMILES string of the molecule is CCNC(=NCCCOc1ccc(OC)cc1)N1CCC(N2CCOCC2)C1. The summed E-state index contributed by atoms with van der Waals surface area (Å²) in [6, 6.07) is 8.31. The van der Waals surface area contributed by atoms with Crippen LogP contribution in [0.5, 0.6) is 11.5 Å². The number of hydrogen-bond donors (Lipinski definition) is 1. The molecular formula is C21H34N4O3. The summed E-state index contributed by atoms with van der Waals surface area (Å²) in [5.74, 6) is 2.74. The van der Waals surface area contributed by atoms with Crippen LogP contribution in [0, 0.1) is 0 Å². The molecule has 1 aromatic carbocycles. The van der Waals surface area contributed by atoms with Gasteiger partial charge in [0.15, 0.2) is 5.96 Å². The van der Waals surface area contributed by atoms with Crippen LogP contribution >= 0.6 is 0 Å². The zero-order valence-corrected chi connectivity index (χ0v) is 17.2. The molecule has 7 nitrogen and oxygen atoms in total. The number of aliphatic imine (C=N–C) groups is 1. The molecule has 1 unspecified atom stereocenters. The summed E-state index contributed by atoms with van der Waals surface area (Å²) < 4.78 is 16.4. The Bertz CT molecular complexity index is 602. The summed E-state index contributed by atoms with van der Waals surface area (Å²) in [6.07, 6.45) is 2.09. The average molecular weight is 391 g/mol. The van der Waals surface area contributed by atoms with Crippen LogP contribution in [0.1, 0.15) is 19.8 Å². The maximum absolute atomic E-state index is 5.79. The molecule has 0 radical (unpaired) electrons. The predicted molar refractivity (Wildman–Crippen MR) is 111 cm³/mol. The first-order valence-electron chi connectivity index (χ1n) is 10.4. The van der Waals surface area contributed by atoms with E-state index in [2.05, 4.69) is 22.0 Å². The fourth-order valence-corrected chi connectivity index (χ4v) is 3.71. The van der Waals surface area contributed by atoms with Crippen LogP contribution in [-0.2, 0) is 4.74 Å². The van der Waals surface area contributed by atoms with Gasteiger partial charge in [-0.15, -0.1) is 0 Å². The lowest BCUT2D eigenvalue weighted by Gasteiger charge is -2.32. The van der Waals surface area contributed by atoms with Crippen molar-refractivity contribution < 1.29 is 14.2 Å². The van der Waals surface area contributed by atoms with Gasteiger partial charge in [-0.3, -0.25) is 9.89 Å². The highest BCUT2D eigenvalue weighted by atomic mass is 16.5. The number of likely N-dealkylation sites (tertiary alicyclic amines) is 1. The van der Waals surface area contributed by atoms with E-state index in [9.17, 15) is 0 Å². The number of morpholine rings is 1. The molecule has 1 aromatic rings. The van der Waals surface area contributed by atoms with E-state index < -0.39 is 0 Å². The molecule has 1 N–H and O–H groups in total. The summed E-state index contributed by atoms with van der Waals surface area (Å²) >= 11 is 0. The van der Waals surface area contributed by atoms with E-state index in [1.165, 1.54) is 6.42 Å². The standard InChI is InChI=1S/C21H34N4O3/c1-3-22-21(25-11-9-18(17-25)24-12-15-27-16-13-24)23-10-4-14-28-20-7-5-19(26-2)6-8-20/h5-8,18H,3-4,9-17H2,1-2H3,(H,22,23). The molecule has 7 heteroatoms. The maximum Gasteiger partial charge on any atom is 0.193 e. The van der Waals surface area contributed by atoms with Crippen LogP contribution in [-0.4, -0.2) is 88.0 Å². The lowest BCUT2D eigenvalue weighted by molar-refractivity contribution is 0.0195. The van der Waals surface area contributed by atoms with Crippen LogP contribution in [0.25, 0.3) is 0 Å². The van der Waals surface area contributed by atoms with Gasteiger partial charge in [-0.1, -0.05) is 0 Å². The van der Waals surface area contributed by atoms with Crippen molar-refractivity contribution in [1.82, 2.24) is 15.1 Å². The van der Waals surface area contributed by atoms with Gasteiger partial charge in [-0.2, -0.15) is 0 Å². The van der Waals surface area contributed by atoms with E-state index in [-0.39, 0.29) is 0 Å². The van der Waals surface area contributed by atoms with E-state index in [1.54, 1.807) is 7.11 Å². The second kappa shape index (κ2) is 11.1. The van der Waals surface area contributed by atoms with Crippen molar-refractivity contribution in [3.63, 3.8) is 0 Å². The van der Waals surface area contributed by atoms with Crippen LogP contribution in [0.3, 0.4) is 0 Å². The summed E-state index contributed by atoms with van der Waals surface area (Å²) in [5.41, 5.74) is 0. The van der Waals surface area contributed by atoms with Gasteiger partial charge >= 0.3 is 0 Å². The molecule has 0 aromatic heterocycles. The molecule has 0 saturated carbocycles. The second-order valence-electron chi connectivity index (χ2n) is 7.15. The molecule has 0 bridgehead atoms. The van der Waals surface area contributed by atoms with E-state index in [1.807, 2.05) is 24.3 Å². The fraction of sp³-hybridized carbons (Fsp3) is 0.667. The molecule has 156 valence electrons. The average Bonchev–Trinajstić information content (AvgIpc) is 3.24. The molecule has 2 heterocycles. The Morgan fingerprint density at radius 1 is 1.18 bits per heavy atom. The summed E-state index contributed by atoms with van der Waals surface area (Å²) in [5, 5.41) is 3.45. The summed E-state index contributed by atoms with van der Waals surface area (Å²) in [6.45, 7) is 10.4. The molecule has 3 rings (SSSR count). The third-order valence-electron chi connectivity index (χ3n) is 5.25. The van der Waals surface area contributed by atoms with Gasteiger partial charge in [0.05, 0.1) is 26.9 Å². The quantitative estimate of drug-likeness (QED) is 0.415. The first kappa shape index (κ1) is 20.7. The zero-order chi connectivity index (χ0) is 19.6. The van der Waals surface area contributed by atoms with Gasteiger partial charge in [-0.05, 0) is 37.6 Å². The third-order valence-corrected chi connectivity index (χ3v) is 5.25. The summed E-state index contributed by atoms with van der Waals surface area (Å²) in [7, 11) is 1.67. The number of rotatable bonds is 8. The van der Waals surface area contributed by atoms with Crippen molar-refractivity contribution in [2.75, 3.05) is 66.2 Å². The van der Waals surface area contributed by atoms with Crippen molar-refractivity contribution in [2.24, 2.45) is 4.99 Å². The second-order valence-corrected chi connectivity index (χ2v) is 7.15. The number of benzene rings is 1. The Kier molecular flexibility index (Phi) is 8.23. The van der Waals surface area contributed by atoms with Gasteiger partial charge in [0.1, 0.15) is 11.5 Å². The minimum atomic E-state index is 0.617. The normalized spacial score (nSPS) is 21.0. The number of guanidine groups is 1. The Hall–Kier alpha value is -1.99. The van der Waals surface area contributed by atoms with Crippen LogP contribution in [0.15, 0.2) is 29.3 Å². The molecule has 0 aliphatic carbocycles. The number of nitrogens with one attached hydrogen (secondary N) is 1. The third kappa shape index (κ3) is 6.01. The lowest BCUT2D eigenvalue weighted by atomic mass is 10.2. The molecule has 2 fully saturated rings. The Morgan fingerprint density at radius 2 is 1.93 bits per heavy atom. The molecular weight excluding hydrogens is 356 g/mol.